The van der Waals surface area contributed by atoms with E-state index < -0.39 is 0 Å². The molecule has 1 saturated heterocycles. The van der Waals surface area contributed by atoms with Crippen LogP contribution in [0.25, 0.3) is 6.08 Å². The van der Waals surface area contributed by atoms with Gasteiger partial charge in [-0.3, -0.25) is 9.69 Å². The third kappa shape index (κ3) is 10.2. The zero-order chi connectivity index (χ0) is 36.3. The van der Waals surface area contributed by atoms with E-state index in [4.69, 9.17) is 31.1 Å². The van der Waals surface area contributed by atoms with E-state index in [1.165, 1.54) is 23.3 Å². The number of benzene rings is 4. The molecule has 0 radical (unpaired) electrons. The van der Waals surface area contributed by atoms with E-state index >= 15 is 0 Å². The number of carbonyl (C=O) groups is 1. The lowest BCUT2D eigenvalue weighted by atomic mass is 10.1. The Hall–Kier alpha value is -5.69. The van der Waals surface area contributed by atoms with Gasteiger partial charge in [-0.1, -0.05) is 48.0 Å². The zero-order valence-electron chi connectivity index (χ0n) is 28.8. The van der Waals surface area contributed by atoms with Crippen molar-refractivity contribution in [2.24, 2.45) is 0 Å². The molecule has 0 spiro atoms. The summed E-state index contributed by atoms with van der Waals surface area (Å²) >= 11 is 6.58. The summed E-state index contributed by atoms with van der Waals surface area (Å²) in [5.74, 6) is 1.76. The van der Waals surface area contributed by atoms with Crippen LogP contribution in [0, 0.1) is 24.1 Å². The lowest BCUT2D eigenvalue weighted by Gasteiger charge is -2.34. The summed E-state index contributed by atoms with van der Waals surface area (Å²) in [6.07, 6.45) is 5.75. The molecular formula is C42H38ClFN4O4. The number of aryl methyl sites for hydroxylation is 1. The van der Waals surface area contributed by atoms with Gasteiger partial charge in [0.2, 0.25) is 11.8 Å². The first-order valence-electron chi connectivity index (χ1n) is 17.0. The Morgan fingerprint density at radius 1 is 0.885 bits per heavy atom. The van der Waals surface area contributed by atoms with E-state index in [9.17, 15) is 9.18 Å². The van der Waals surface area contributed by atoms with Crippen LogP contribution in [0.2, 0.25) is 5.02 Å². The number of halogens is 2. The SMILES string of the molecule is Cc1cc(Oc2ccc(OCc3ccc(C#N)cc3)cn2)c(Cl)cc1/C=C\C(=O)N1CCN(Cc2ccc(CCOc3ccc(F)cc3)cc2)CC1. The first-order chi connectivity index (χ1) is 25.3. The van der Waals surface area contributed by atoms with Crippen molar-refractivity contribution >= 4 is 23.6 Å². The monoisotopic (exact) mass is 716 g/mol. The number of aromatic nitrogens is 1. The maximum absolute atomic E-state index is 13.1. The standard InChI is InChI=1S/C42H38ClFN4O4/c1-30-24-40(52-41-16-15-38(27-46-41)51-29-34-8-4-32(26-45)5-9-34)39(43)25-35(30)10-17-42(49)48-21-19-47(20-22-48)28-33-6-2-31(3-7-33)18-23-50-37-13-11-36(44)12-14-37/h2-17,24-25,27H,18-23,28-29H2,1H3/b17-10-. The fraction of sp³-hybridized carbons (Fsp3) is 0.214. The highest BCUT2D eigenvalue weighted by Gasteiger charge is 2.20. The van der Waals surface area contributed by atoms with Crippen LogP contribution in [-0.2, 0) is 24.4 Å². The minimum Gasteiger partial charge on any atom is -0.493 e. The number of hydrogen-bond donors (Lipinski definition) is 0. The second kappa shape index (κ2) is 17.5. The quantitative estimate of drug-likeness (QED) is 0.113. The second-order valence-corrected chi connectivity index (χ2v) is 12.9. The van der Waals surface area contributed by atoms with Gasteiger partial charge >= 0.3 is 0 Å². The van der Waals surface area contributed by atoms with E-state index in [-0.39, 0.29) is 11.7 Å². The largest absolute Gasteiger partial charge is 0.493 e. The van der Waals surface area contributed by atoms with Crippen molar-refractivity contribution in [3.8, 4) is 29.2 Å². The van der Waals surface area contributed by atoms with Crippen molar-refractivity contribution in [2.45, 2.75) is 26.5 Å². The number of rotatable bonds is 13. The van der Waals surface area contributed by atoms with E-state index in [0.29, 0.717) is 60.0 Å². The maximum atomic E-state index is 13.1. The molecule has 1 amide bonds. The van der Waals surface area contributed by atoms with Crippen molar-refractivity contribution in [3.63, 3.8) is 0 Å². The summed E-state index contributed by atoms with van der Waals surface area (Å²) < 4.78 is 30.5. The molecule has 52 heavy (non-hydrogen) atoms. The van der Waals surface area contributed by atoms with Gasteiger partial charge in [-0.15, -0.1) is 0 Å². The average Bonchev–Trinajstić information content (AvgIpc) is 3.17. The molecule has 6 rings (SSSR count). The summed E-state index contributed by atoms with van der Waals surface area (Å²) in [6.45, 7) is 6.53. The molecule has 1 fully saturated rings. The summed E-state index contributed by atoms with van der Waals surface area (Å²) in [5, 5.41) is 9.35. The van der Waals surface area contributed by atoms with Crippen LogP contribution in [0.15, 0.2) is 109 Å². The minimum absolute atomic E-state index is 0.0339. The topological polar surface area (TPSA) is 87.9 Å². The lowest BCUT2D eigenvalue weighted by molar-refractivity contribution is -0.127. The number of hydrogen-bond acceptors (Lipinski definition) is 7. The first-order valence-corrected chi connectivity index (χ1v) is 17.4. The van der Waals surface area contributed by atoms with Crippen LogP contribution < -0.4 is 14.2 Å². The molecule has 5 aromatic rings. The Kier molecular flexibility index (Phi) is 12.1. The molecule has 1 aromatic heterocycles. The Bertz CT molecular complexity index is 2020. The van der Waals surface area contributed by atoms with Crippen molar-refractivity contribution in [2.75, 3.05) is 32.8 Å². The highest BCUT2D eigenvalue weighted by atomic mass is 35.5. The van der Waals surface area contributed by atoms with Crippen LogP contribution in [0.3, 0.4) is 0 Å². The highest BCUT2D eigenvalue weighted by molar-refractivity contribution is 6.32. The summed E-state index contributed by atoms with van der Waals surface area (Å²) in [4.78, 5) is 21.6. The number of amides is 1. The summed E-state index contributed by atoms with van der Waals surface area (Å²) in [5.41, 5.74) is 5.68. The molecule has 0 aliphatic carbocycles. The van der Waals surface area contributed by atoms with Gasteiger partial charge in [0.1, 0.15) is 29.7 Å². The van der Waals surface area contributed by atoms with Crippen LogP contribution in [0.4, 0.5) is 4.39 Å². The molecule has 264 valence electrons. The Balaban J connectivity index is 0.931. The number of nitriles is 1. The van der Waals surface area contributed by atoms with E-state index in [1.807, 2.05) is 30.0 Å². The van der Waals surface area contributed by atoms with Gasteiger partial charge in [0.15, 0.2) is 0 Å². The first kappa shape index (κ1) is 36.1. The van der Waals surface area contributed by atoms with Crippen LogP contribution >= 0.6 is 11.6 Å². The third-order valence-electron chi connectivity index (χ3n) is 8.72. The molecule has 0 bridgehead atoms. The molecular weight excluding hydrogens is 679 g/mol. The van der Waals surface area contributed by atoms with E-state index in [2.05, 4.69) is 40.2 Å². The van der Waals surface area contributed by atoms with Crippen LogP contribution in [-0.4, -0.2) is 53.5 Å². The van der Waals surface area contributed by atoms with Gasteiger partial charge < -0.3 is 19.1 Å². The van der Waals surface area contributed by atoms with E-state index in [1.54, 1.807) is 60.8 Å². The molecule has 8 nitrogen and oxygen atoms in total. The maximum Gasteiger partial charge on any atom is 0.246 e. The van der Waals surface area contributed by atoms with Gasteiger partial charge in [-0.2, -0.15) is 5.26 Å². The van der Waals surface area contributed by atoms with Gasteiger partial charge in [-0.05, 0) is 95.4 Å². The van der Waals surface area contributed by atoms with E-state index in [0.717, 1.165) is 42.7 Å². The second-order valence-electron chi connectivity index (χ2n) is 12.5. The van der Waals surface area contributed by atoms with Crippen molar-refractivity contribution in [1.29, 1.82) is 5.26 Å². The van der Waals surface area contributed by atoms with Gasteiger partial charge in [0.05, 0.1) is 29.5 Å². The van der Waals surface area contributed by atoms with Gasteiger partial charge in [0.25, 0.3) is 0 Å². The molecule has 1 aliphatic rings. The molecule has 2 heterocycles. The van der Waals surface area contributed by atoms with Crippen LogP contribution in [0.5, 0.6) is 23.1 Å². The molecule has 0 atom stereocenters. The molecule has 0 N–H and O–H groups in total. The lowest BCUT2D eigenvalue weighted by Crippen LogP contribution is -2.47. The average molecular weight is 717 g/mol. The fourth-order valence-corrected chi connectivity index (χ4v) is 5.89. The smallest absolute Gasteiger partial charge is 0.246 e. The fourth-order valence-electron chi connectivity index (χ4n) is 5.68. The summed E-state index contributed by atoms with van der Waals surface area (Å²) in [7, 11) is 0. The van der Waals surface area contributed by atoms with Crippen LogP contribution in [0.1, 0.15) is 33.4 Å². The molecule has 0 saturated carbocycles. The number of piperazine rings is 1. The number of carbonyl (C=O) groups excluding carboxylic acids is 1. The predicted molar refractivity (Wildman–Crippen MR) is 199 cm³/mol. The predicted octanol–water partition coefficient (Wildman–Crippen LogP) is 8.40. The zero-order valence-corrected chi connectivity index (χ0v) is 29.6. The number of ether oxygens (including phenoxy) is 3. The number of pyridine rings is 1. The summed E-state index contributed by atoms with van der Waals surface area (Å²) in [6, 6.07) is 31.0. The Labute approximate surface area is 308 Å². The highest BCUT2D eigenvalue weighted by Crippen LogP contribution is 2.32. The normalized spacial score (nSPS) is 13.2. The van der Waals surface area contributed by atoms with Crippen molar-refractivity contribution in [1.82, 2.24) is 14.8 Å². The van der Waals surface area contributed by atoms with Gasteiger partial charge in [-0.25, -0.2) is 9.37 Å². The Morgan fingerprint density at radius 2 is 1.58 bits per heavy atom. The minimum atomic E-state index is -0.276. The van der Waals surface area contributed by atoms with Crippen molar-refractivity contribution < 1.29 is 23.4 Å². The van der Waals surface area contributed by atoms with Gasteiger partial charge in [0, 0.05) is 51.3 Å². The molecule has 10 heteroatoms. The molecule has 1 aliphatic heterocycles. The number of nitrogens with zero attached hydrogens (tertiary/aromatic N) is 4. The third-order valence-corrected chi connectivity index (χ3v) is 9.02. The molecule has 4 aromatic carbocycles. The Morgan fingerprint density at radius 3 is 2.27 bits per heavy atom. The molecule has 0 unspecified atom stereocenters. The van der Waals surface area contributed by atoms with Crippen molar-refractivity contribution in [3.05, 3.63) is 154 Å².